The number of allylic oxidation sites excluding steroid dienone is 18. The number of carbonyl (C=O) groups excluding carboxylic acids is 3. The van der Waals surface area contributed by atoms with Crippen LogP contribution in [0.1, 0.15) is 194 Å². The molecule has 0 bridgehead atoms. The van der Waals surface area contributed by atoms with E-state index in [1.54, 1.807) is 0 Å². The third-order valence-electron chi connectivity index (χ3n) is 9.59. The molecular weight excluding hydrogens is 745 g/mol. The van der Waals surface area contributed by atoms with Crippen molar-refractivity contribution in [3.63, 3.8) is 0 Å². The normalized spacial score (nSPS) is 13.1. The fourth-order valence-corrected chi connectivity index (χ4v) is 6.02. The molecule has 0 rings (SSSR count). The Hall–Kier alpha value is -3.93. The van der Waals surface area contributed by atoms with Crippen LogP contribution < -0.4 is 0 Å². The second-order valence-electron chi connectivity index (χ2n) is 15.3. The van der Waals surface area contributed by atoms with E-state index in [0.717, 1.165) is 109 Å². The van der Waals surface area contributed by atoms with E-state index in [4.69, 9.17) is 14.2 Å². The molecule has 0 amide bonds. The van der Waals surface area contributed by atoms with Crippen molar-refractivity contribution in [1.82, 2.24) is 0 Å². The number of hydrogen-bond donors (Lipinski definition) is 0. The smallest absolute Gasteiger partial charge is 0.306 e. The first kappa shape index (κ1) is 56.1. The molecule has 0 spiro atoms. The van der Waals surface area contributed by atoms with Crippen molar-refractivity contribution in [2.75, 3.05) is 13.2 Å². The molecule has 0 radical (unpaired) electrons. The Bertz CT molecular complexity index is 1280. The van der Waals surface area contributed by atoms with E-state index >= 15 is 0 Å². The zero-order chi connectivity index (χ0) is 43.7. The van der Waals surface area contributed by atoms with E-state index in [2.05, 4.69) is 93.7 Å². The van der Waals surface area contributed by atoms with E-state index in [9.17, 15) is 14.4 Å². The van der Waals surface area contributed by atoms with E-state index in [-0.39, 0.29) is 37.5 Å². The highest BCUT2D eigenvalue weighted by atomic mass is 16.6. The molecule has 0 aliphatic rings. The van der Waals surface area contributed by atoms with Gasteiger partial charge in [-0.1, -0.05) is 182 Å². The summed E-state index contributed by atoms with van der Waals surface area (Å²) in [6, 6.07) is 0. The van der Waals surface area contributed by atoms with Crippen LogP contribution in [0.5, 0.6) is 0 Å². The predicted molar refractivity (Wildman–Crippen MR) is 256 cm³/mol. The maximum Gasteiger partial charge on any atom is 0.306 e. The molecule has 338 valence electrons. The number of rotatable bonds is 41. The molecule has 0 aromatic heterocycles. The molecule has 0 aromatic rings. The minimum Gasteiger partial charge on any atom is -0.462 e. The Kier molecular flexibility index (Phi) is 44.6. The molecule has 0 saturated heterocycles. The Morgan fingerprint density at radius 2 is 0.733 bits per heavy atom. The van der Waals surface area contributed by atoms with Crippen molar-refractivity contribution in [3.8, 4) is 0 Å². The number of ether oxygens (including phenoxy) is 3. The summed E-state index contributed by atoms with van der Waals surface area (Å²) in [5.74, 6) is -1.01. The van der Waals surface area contributed by atoms with Crippen LogP contribution in [0.25, 0.3) is 0 Å². The van der Waals surface area contributed by atoms with Crippen molar-refractivity contribution >= 4 is 17.9 Å². The molecule has 0 fully saturated rings. The largest absolute Gasteiger partial charge is 0.462 e. The van der Waals surface area contributed by atoms with Crippen molar-refractivity contribution in [2.45, 2.75) is 200 Å². The Labute approximate surface area is 368 Å². The van der Waals surface area contributed by atoms with Gasteiger partial charge in [0.05, 0.1) is 0 Å². The summed E-state index contributed by atoms with van der Waals surface area (Å²) >= 11 is 0. The molecule has 1 unspecified atom stereocenters. The second kappa shape index (κ2) is 47.7. The molecule has 60 heavy (non-hydrogen) atoms. The monoisotopic (exact) mass is 831 g/mol. The van der Waals surface area contributed by atoms with Crippen LogP contribution in [0, 0.1) is 0 Å². The van der Waals surface area contributed by atoms with Gasteiger partial charge in [0.15, 0.2) is 6.10 Å². The van der Waals surface area contributed by atoms with Gasteiger partial charge in [0, 0.05) is 19.3 Å². The Morgan fingerprint density at radius 1 is 0.367 bits per heavy atom. The zero-order valence-corrected chi connectivity index (χ0v) is 38.4. The van der Waals surface area contributed by atoms with Crippen molar-refractivity contribution in [2.24, 2.45) is 0 Å². The third-order valence-corrected chi connectivity index (χ3v) is 9.59. The van der Waals surface area contributed by atoms with Crippen LogP contribution in [0.2, 0.25) is 0 Å². The molecule has 0 aliphatic carbocycles. The van der Waals surface area contributed by atoms with Gasteiger partial charge in [-0.2, -0.15) is 0 Å². The molecule has 0 saturated carbocycles. The minimum absolute atomic E-state index is 0.115. The van der Waals surface area contributed by atoms with Crippen LogP contribution in [0.4, 0.5) is 0 Å². The summed E-state index contributed by atoms with van der Waals surface area (Å²) in [6.07, 6.45) is 63.6. The molecule has 6 heteroatoms. The van der Waals surface area contributed by atoms with Crippen LogP contribution in [0.3, 0.4) is 0 Å². The van der Waals surface area contributed by atoms with E-state index in [1.807, 2.05) is 36.5 Å². The van der Waals surface area contributed by atoms with Crippen LogP contribution >= 0.6 is 0 Å². The summed E-state index contributed by atoms with van der Waals surface area (Å²) in [5.41, 5.74) is 0. The summed E-state index contributed by atoms with van der Waals surface area (Å²) in [7, 11) is 0. The van der Waals surface area contributed by atoms with Crippen LogP contribution in [0.15, 0.2) is 109 Å². The lowest BCUT2D eigenvalue weighted by Gasteiger charge is -2.18. The predicted octanol–water partition coefficient (Wildman–Crippen LogP) is 15.6. The van der Waals surface area contributed by atoms with Gasteiger partial charge in [-0.05, 0) is 103 Å². The summed E-state index contributed by atoms with van der Waals surface area (Å²) in [6.45, 7) is 6.27. The number of esters is 3. The van der Waals surface area contributed by atoms with Gasteiger partial charge in [0.2, 0.25) is 0 Å². The van der Waals surface area contributed by atoms with Gasteiger partial charge in [0.1, 0.15) is 13.2 Å². The average Bonchev–Trinajstić information content (AvgIpc) is 3.24. The van der Waals surface area contributed by atoms with Gasteiger partial charge < -0.3 is 14.2 Å². The van der Waals surface area contributed by atoms with Crippen molar-refractivity contribution in [1.29, 1.82) is 0 Å². The highest BCUT2D eigenvalue weighted by Crippen LogP contribution is 2.12. The molecule has 0 aromatic carbocycles. The van der Waals surface area contributed by atoms with Gasteiger partial charge >= 0.3 is 17.9 Å². The lowest BCUT2D eigenvalue weighted by molar-refractivity contribution is -0.167. The molecular formula is C54H86O6. The van der Waals surface area contributed by atoms with Crippen LogP contribution in [-0.2, 0) is 28.6 Å². The van der Waals surface area contributed by atoms with Gasteiger partial charge in [-0.25, -0.2) is 0 Å². The van der Waals surface area contributed by atoms with Crippen molar-refractivity contribution in [3.05, 3.63) is 109 Å². The van der Waals surface area contributed by atoms with Gasteiger partial charge in [-0.3, -0.25) is 14.4 Å². The third kappa shape index (κ3) is 45.2. The first-order chi connectivity index (χ1) is 29.5. The summed E-state index contributed by atoms with van der Waals surface area (Å²) < 4.78 is 16.7. The van der Waals surface area contributed by atoms with Gasteiger partial charge in [-0.15, -0.1) is 0 Å². The Balaban J connectivity index is 4.54. The van der Waals surface area contributed by atoms with Gasteiger partial charge in [0.25, 0.3) is 0 Å². The average molecular weight is 831 g/mol. The lowest BCUT2D eigenvalue weighted by Crippen LogP contribution is -2.30. The fourth-order valence-electron chi connectivity index (χ4n) is 6.02. The minimum atomic E-state index is -0.818. The van der Waals surface area contributed by atoms with E-state index in [1.165, 1.54) is 38.5 Å². The molecule has 1 atom stereocenters. The fraction of sp³-hybridized carbons (Fsp3) is 0.611. The SMILES string of the molecule is CC/C=C/C=C/C=C/C=C/CCCCCC(=O)OC(COC(=O)CCCCC/C=C/C/C=C/C/C=C/C/C=C/CC)COC(=O)CCCCC/C=C/CCCCCCCC. The highest BCUT2D eigenvalue weighted by molar-refractivity contribution is 5.71. The van der Waals surface area contributed by atoms with E-state index < -0.39 is 6.10 Å². The topological polar surface area (TPSA) is 78.9 Å². The Morgan fingerprint density at radius 3 is 1.23 bits per heavy atom. The summed E-state index contributed by atoms with van der Waals surface area (Å²) in [5, 5.41) is 0. The first-order valence-corrected chi connectivity index (χ1v) is 23.9. The number of hydrogen-bond acceptors (Lipinski definition) is 6. The lowest BCUT2D eigenvalue weighted by atomic mass is 10.1. The first-order valence-electron chi connectivity index (χ1n) is 23.9. The number of unbranched alkanes of at least 4 members (excludes halogenated alkanes) is 15. The molecule has 0 aliphatic heterocycles. The second-order valence-corrected chi connectivity index (χ2v) is 15.3. The van der Waals surface area contributed by atoms with Crippen molar-refractivity contribution < 1.29 is 28.6 Å². The highest BCUT2D eigenvalue weighted by Gasteiger charge is 2.19. The molecule has 0 N–H and O–H groups in total. The maximum absolute atomic E-state index is 12.7. The van der Waals surface area contributed by atoms with Crippen LogP contribution in [-0.4, -0.2) is 37.2 Å². The zero-order valence-electron chi connectivity index (χ0n) is 38.4. The quantitative estimate of drug-likeness (QED) is 0.0201. The number of carbonyl (C=O) groups is 3. The molecule has 6 nitrogen and oxygen atoms in total. The standard InChI is InChI=1S/C54H86O6/c1-4-7-10-13-16-19-22-25-26-27-30-32-35-38-41-44-47-53(56)59-50-51(60-54(57)48-45-42-39-36-33-29-24-21-18-15-12-9-6-3)49-58-52(55)46-43-40-37-34-31-28-23-20-17-14-11-8-5-2/h7,9-10,12,15-16,18-19,21,24-26,28-33,51H,4-6,8,11,13-14,17,20,22-23,27,34-50H2,1-3H3/b10-7+,12-9+,18-15+,19-16+,24-21+,26-25+,31-28+,32-30+,33-29+. The molecule has 0 heterocycles. The maximum atomic E-state index is 12.7. The van der Waals surface area contributed by atoms with E-state index in [0.29, 0.717) is 19.3 Å². The summed E-state index contributed by atoms with van der Waals surface area (Å²) in [4.78, 5) is 37.8.